The van der Waals surface area contributed by atoms with Gasteiger partial charge in [-0.1, -0.05) is 34.8 Å². The summed E-state index contributed by atoms with van der Waals surface area (Å²) in [7, 11) is 0. The van der Waals surface area contributed by atoms with Gasteiger partial charge in [-0.05, 0) is 42.9 Å². The van der Waals surface area contributed by atoms with E-state index in [0.29, 0.717) is 11.8 Å². The lowest BCUT2D eigenvalue weighted by Gasteiger charge is -2.27. The zero-order chi connectivity index (χ0) is 12.6. The Balaban J connectivity index is 1.82. The molecule has 0 amide bonds. The summed E-state index contributed by atoms with van der Waals surface area (Å²) in [5.41, 5.74) is 0. The van der Waals surface area contributed by atoms with E-state index in [1.54, 1.807) is 0 Å². The molecule has 2 bridgehead atoms. The van der Waals surface area contributed by atoms with Gasteiger partial charge < -0.3 is 0 Å². The highest BCUT2D eigenvalue weighted by Gasteiger charge is 2.46. The molecule has 5 rings (SSSR count). The molecule has 4 unspecified atom stereocenters. The maximum absolute atomic E-state index is 11.5. The number of rotatable bonds is 0. The highest BCUT2D eigenvalue weighted by atomic mass is 32.2. The lowest BCUT2D eigenvalue weighted by molar-refractivity contribution is 0.345. The smallest absolute Gasteiger partial charge is 0.265 e. The van der Waals surface area contributed by atoms with Crippen LogP contribution in [-0.2, 0) is 0 Å². The fourth-order valence-corrected chi connectivity index (χ4v) is 5.99. The third kappa shape index (κ3) is 1.40. The Morgan fingerprint density at radius 2 is 1.47 bits per heavy atom. The Kier molecular flexibility index (Phi) is 1.98. The lowest BCUT2D eigenvalue weighted by atomic mass is 9.77. The molecule has 19 heavy (non-hydrogen) atoms. The van der Waals surface area contributed by atoms with Gasteiger partial charge in [-0.3, -0.25) is 4.79 Å². The van der Waals surface area contributed by atoms with Crippen LogP contribution in [-0.4, -0.2) is 9.97 Å². The van der Waals surface area contributed by atoms with E-state index in [-0.39, 0.29) is 4.06 Å². The van der Waals surface area contributed by atoms with E-state index < -0.39 is 0 Å². The number of aromatic nitrogens is 2. The predicted molar refractivity (Wildman–Crippen MR) is 77.6 cm³/mol. The molecule has 0 N–H and O–H groups in total. The fraction of sp³-hybridized carbons (Fsp3) is 0.500. The number of hydrogen-bond donors (Lipinski definition) is 0. The highest BCUT2D eigenvalue weighted by molar-refractivity contribution is 7.35. The predicted octanol–water partition coefficient (Wildman–Crippen LogP) is 1.35. The zero-order valence-electron chi connectivity index (χ0n) is 10.2. The second-order valence-electron chi connectivity index (χ2n) is 5.88. The first-order valence-corrected chi connectivity index (χ1v) is 8.43. The molecule has 2 saturated carbocycles. The minimum Gasteiger partial charge on any atom is -0.265 e. The topological polar surface area (TPSA) is 42.9 Å². The van der Waals surface area contributed by atoms with Crippen molar-refractivity contribution in [2.24, 2.45) is 23.7 Å². The molecule has 3 nitrogen and oxygen atoms in total. The summed E-state index contributed by atoms with van der Waals surface area (Å²) in [4.78, 5) is 22.4. The standard InChI is InChI=1S/C14H12N2OS2/c17-14-18-12-13(19-14)16-11-5-9-7-2-1-6(3-7)8(9)4-10(11)15-12/h4-9H,1-3H2. The molecule has 0 saturated heterocycles. The third-order valence-corrected chi connectivity index (χ3v) is 6.92. The van der Waals surface area contributed by atoms with Crippen molar-refractivity contribution in [1.29, 1.82) is 0 Å². The van der Waals surface area contributed by atoms with Crippen LogP contribution in [0.5, 0.6) is 0 Å². The Morgan fingerprint density at radius 1 is 0.947 bits per heavy atom. The number of nitrogens with zero attached hydrogens (tertiary/aromatic N) is 2. The summed E-state index contributed by atoms with van der Waals surface area (Å²) >= 11 is 2.44. The molecule has 5 heteroatoms. The van der Waals surface area contributed by atoms with Crippen LogP contribution in [0.4, 0.5) is 0 Å². The van der Waals surface area contributed by atoms with Gasteiger partial charge in [-0.25, -0.2) is 9.97 Å². The SMILES string of the molecule is O=c1sc2nc3c(nc2s1)=CC1C2CCC(C2)C1C=3. The van der Waals surface area contributed by atoms with Gasteiger partial charge in [0.25, 0.3) is 4.06 Å². The first-order valence-electron chi connectivity index (χ1n) is 6.79. The first kappa shape index (κ1) is 10.7. The van der Waals surface area contributed by atoms with Crippen LogP contribution in [0.1, 0.15) is 19.3 Å². The zero-order valence-corrected chi connectivity index (χ0v) is 11.8. The van der Waals surface area contributed by atoms with Crippen molar-refractivity contribution in [3.63, 3.8) is 0 Å². The monoisotopic (exact) mass is 288 g/mol. The van der Waals surface area contributed by atoms with Crippen LogP contribution in [0.2, 0.25) is 0 Å². The van der Waals surface area contributed by atoms with E-state index in [4.69, 9.17) is 0 Å². The molecule has 2 fully saturated rings. The minimum atomic E-state index is 0.0950. The average Bonchev–Trinajstić information content (AvgIpc) is 3.06. The summed E-state index contributed by atoms with van der Waals surface area (Å²) in [6.45, 7) is 0. The van der Waals surface area contributed by atoms with E-state index in [2.05, 4.69) is 22.1 Å². The highest BCUT2D eigenvalue weighted by Crippen LogP contribution is 2.53. The van der Waals surface area contributed by atoms with Gasteiger partial charge in [0, 0.05) is 0 Å². The van der Waals surface area contributed by atoms with Crippen molar-refractivity contribution in [2.45, 2.75) is 19.3 Å². The van der Waals surface area contributed by atoms with Gasteiger partial charge in [-0.2, -0.15) is 0 Å². The Hall–Kier alpha value is -1.07. The Labute approximate surface area is 117 Å². The lowest BCUT2D eigenvalue weighted by Crippen LogP contribution is -2.39. The Bertz CT molecular complexity index is 798. The second kappa shape index (κ2) is 3.52. The van der Waals surface area contributed by atoms with E-state index in [0.717, 1.165) is 32.2 Å². The van der Waals surface area contributed by atoms with E-state index in [1.807, 2.05) is 0 Å². The van der Waals surface area contributed by atoms with Gasteiger partial charge in [-0.15, -0.1) is 0 Å². The molecule has 0 aliphatic heterocycles. The van der Waals surface area contributed by atoms with Gasteiger partial charge in [0.05, 0.1) is 10.7 Å². The molecule has 4 atom stereocenters. The summed E-state index contributed by atoms with van der Waals surface area (Å²) in [6.07, 6.45) is 8.83. The maximum atomic E-state index is 11.5. The normalized spacial score (nSPS) is 34.7. The number of hydrogen-bond acceptors (Lipinski definition) is 5. The molecule has 2 aromatic rings. The second-order valence-corrected chi connectivity index (χ2v) is 8.06. The van der Waals surface area contributed by atoms with Crippen molar-refractivity contribution in [2.75, 3.05) is 0 Å². The van der Waals surface area contributed by atoms with Crippen LogP contribution in [0.25, 0.3) is 21.8 Å². The van der Waals surface area contributed by atoms with Crippen molar-refractivity contribution in [1.82, 2.24) is 9.97 Å². The van der Waals surface area contributed by atoms with E-state index in [9.17, 15) is 4.79 Å². The molecule has 2 heterocycles. The van der Waals surface area contributed by atoms with Crippen molar-refractivity contribution in [3.05, 3.63) is 19.5 Å². The quantitative estimate of drug-likeness (QED) is 0.735. The molecule has 3 aliphatic rings. The largest absolute Gasteiger partial charge is 0.291 e. The summed E-state index contributed by atoms with van der Waals surface area (Å²) in [5, 5.41) is 2.02. The van der Waals surface area contributed by atoms with Crippen molar-refractivity contribution < 1.29 is 0 Å². The summed E-state index contributed by atoms with van der Waals surface area (Å²) < 4.78 is 0.0950. The Morgan fingerprint density at radius 3 is 2.00 bits per heavy atom. The van der Waals surface area contributed by atoms with Gasteiger partial charge in [0.2, 0.25) is 0 Å². The molecular weight excluding hydrogens is 276 g/mol. The van der Waals surface area contributed by atoms with Gasteiger partial charge in [0.15, 0.2) is 9.66 Å². The van der Waals surface area contributed by atoms with Crippen LogP contribution in [0.3, 0.4) is 0 Å². The van der Waals surface area contributed by atoms with Crippen molar-refractivity contribution >= 4 is 44.5 Å². The molecule has 0 spiro atoms. The van der Waals surface area contributed by atoms with E-state index >= 15 is 0 Å². The van der Waals surface area contributed by atoms with Gasteiger partial charge in [0.1, 0.15) is 0 Å². The van der Waals surface area contributed by atoms with Crippen LogP contribution in [0.15, 0.2) is 4.79 Å². The average molecular weight is 288 g/mol. The minimum absolute atomic E-state index is 0.0950. The molecule has 0 aromatic carbocycles. The molecule has 0 radical (unpaired) electrons. The van der Waals surface area contributed by atoms with Crippen LogP contribution < -0.4 is 14.8 Å². The summed E-state index contributed by atoms with van der Waals surface area (Å²) in [5.74, 6) is 3.07. The molecule has 3 aliphatic carbocycles. The maximum Gasteiger partial charge on any atom is 0.291 e. The molecule has 2 aromatic heterocycles. The first-order chi connectivity index (χ1) is 9.28. The van der Waals surface area contributed by atoms with Gasteiger partial charge >= 0.3 is 0 Å². The van der Waals surface area contributed by atoms with Crippen LogP contribution in [0, 0.1) is 23.7 Å². The van der Waals surface area contributed by atoms with E-state index in [1.165, 1.54) is 41.9 Å². The molecule has 96 valence electrons. The van der Waals surface area contributed by atoms with Crippen molar-refractivity contribution in [3.8, 4) is 0 Å². The molecular formula is C14H12N2OS2. The summed E-state index contributed by atoms with van der Waals surface area (Å²) in [6, 6.07) is 0. The fourth-order valence-electron chi connectivity index (χ4n) is 4.23. The third-order valence-electron chi connectivity index (χ3n) is 5.00. The number of fused-ring (bicyclic) bond motifs is 7. The van der Waals surface area contributed by atoms with Crippen LogP contribution >= 0.6 is 22.7 Å².